The first-order valence-electron chi connectivity index (χ1n) is 21.0. The summed E-state index contributed by atoms with van der Waals surface area (Å²) in [4.78, 5) is 14.7. The fourth-order valence-electron chi connectivity index (χ4n) is 7.93. The highest BCUT2D eigenvalue weighted by Gasteiger charge is 2.42. The maximum absolute atomic E-state index is 16.2. The molecule has 0 spiro atoms. The van der Waals surface area contributed by atoms with Gasteiger partial charge < -0.3 is 29.0 Å². The number of amides is 1. The predicted octanol–water partition coefficient (Wildman–Crippen LogP) is 9.39. The molecule has 0 saturated carbocycles. The van der Waals surface area contributed by atoms with E-state index in [4.69, 9.17) is 37.1 Å². The summed E-state index contributed by atoms with van der Waals surface area (Å²) in [7, 11) is 9.71. The molecule has 1 aliphatic carbocycles. The van der Waals surface area contributed by atoms with Gasteiger partial charge in [-0.1, -0.05) is 59.5 Å². The first-order valence-corrected chi connectivity index (χ1v) is 21.0. The second-order valence-corrected chi connectivity index (χ2v) is 15.1. The molecule has 4 aromatic carbocycles. The molecule has 13 heteroatoms. The van der Waals surface area contributed by atoms with Crippen molar-refractivity contribution in [2.75, 3.05) is 73.6 Å². The normalized spacial score (nSPS) is 12.5. The second-order valence-electron chi connectivity index (χ2n) is 15.1. The highest BCUT2D eigenvalue weighted by molar-refractivity contribution is 6.32. The molecule has 0 atom stereocenters. The number of azide groups is 1. The van der Waals surface area contributed by atoms with Crippen molar-refractivity contribution in [1.29, 1.82) is 0 Å². The lowest BCUT2D eigenvalue weighted by atomic mass is 9.70. The third-order valence-corrected chi connectivity index (χ3v) is 11.0. The Kier molecular flexibility index (Phi) is 18.9. The zero-order valence-corrected chi connectivity index (χ0v) is 35.0. The molecule has 0 unspecified atom stereocenters. The number of fused-ring (bicyclic) bond motifs is 3. The second kappa shape index (κ2) is 24.5. The van der Waals surface area contributed by atoms with E-state index in [1.54, 1.807) is 38.5 Å². The summed E-state index contributed by atoms with van der Waals surface area (Å²) >= 11 is 0. The summed E-state index contributed by atoms with van der Waals surface area (Å²) in [5, 5.41) is 6.42. The summed E-state index contributed by atoms with van der Waals surface area (Å²) < 4.78 is 60.1. The van der Waals surface area contributed by atoms with Gasteiger partial charge in [0.05, 0.1) is 33.0 Å². The molecule has 0 aromatic heterocycles. The molecule has 2 radical (unpaired) electrons. The number of halogens is 2. The summed E-state index contributed by atoms with van der Waals surface area (Å²) in [6.45, 7) is 4.65. The minimum atomic E-state index is -0.528. The van der Waals surface area contributed by atoms with Crippen molar-refractivity contribution in [3.8, 4) is 39.1 Å². The van der Waals surface area contributed by atoms with Crippen LogP contribution in [-0.4, -0.2) is 87.3 Å². The Morgan fingerprint density at radius 2 is 1.30 bits per heavy atom. The molecule has 1 aliphatic rings. The van der Waals surface area contributed by atoms with Gasteiger partial charge in [-0.3, -0.25) is 4.79 Å². The van der Waals surface area contributed by atoms with E-state index >= 15 is 8.78 Å². The molecule has 5 rings (SSSR count). The predicted molar refractivity (Wildman–Crippen MR) is 233 cm³/mol. The van der Waals surface area contributed by atoms with Crippen LogP contribution in [0.5, 0.6) is 5.75 Å². The van der Waals surface area contributed by atoms with Crippen molar-refractivity contribution < 1.29 is 37.3 Å². The third kappa shape index (κ3) is 12.9. The molecule has 4 aromatic rings. The fraction of sp³-hybridized carbons (Fsp3) is 0.468. The number of carbonyl (C=O) groups excluding carboxylic acids is 1. The molecular weight excluding hydrogens is 765 g/mol. The minimum Gasteiger partial charge on any atom is -0.494 e. The molecule has 0 saturated heterocycles. The van der Waals surface area contributed by atoms with Crippen LogP contribution in [0.25, 0.3) is 43.8 Å². The summed E-state index contributed by atoms with van der Waals surface area (Å²) in [6.07, 6.45) is 7.42. The molecule has 0 heterocycles. The molecule has 0 bridgehead atoms. The van der Waals surface area contributed by atoms with Gasteiger partial charge in [-0.25, -0.2) is 8.78 Å². The summed E-state index contributed by atoms with van der Waals surface area (Å²) in [5.74, 6) is -0.420. The van der Waals surface area contributed by atoms with Crippen LogP contribution in [0, 0.1) is 11.6 Å². The van der Waals surface area contributed by atoms with Crippen LogP contribution in [0.4, 0.5) is 8.78 Å². The Bertz CT molecular complexity index is 2010. The van der Waals surface area contributed by atoms with Gasteiger partial charge in [0.2, 0.25) is 5.91 Å². The number of hydrogen-bond acceptors (Lipinski definition) is 7. The zero-order chi connectivity index (χ0) is 42.6. The van der Waals surface area contributed by atoms with Crippen LogP contribution in [0.15, 0.2) is 77.9 Å². The van der Waals surface area contributed by atoms with E-state index in [2.05, 4.69) is 27.5 Å². The highest BCUT2D eigenvalue weighted by Crippen LogP contribution is 2.54. The average molecular weight is 823 g/mol. The van der Waals surface area contributed by atoms with E-state index in [9.17, 15) is 4.79 Å². The highest BCUT2D eigenvalue weighted by atomic mass is 19.1. The van der Waals surface area contributed by atoms with Gasteiger partial charge in [0.25, 0.3) is 0 Å². The Labute approximate surface area is 354 Å². The minimum absolute atomic E-state index is 0.0105. The largest absolute Gasteiger partial charge is 0.494 e. The topological polar surface area (TPSA) is 124 Å². The van der Waals surface area contributed by atoms with Gasteiger partial charge in [0, 0.05) is 68.4 Å². The standard InChI is InChI=1S/C47H57BF2N4O6/c1-56-26-28-58-23-8-19-47(20-9-24-59-29-27-57-2)42-30-35(13-17-38(42)39-18-14-36(48)31-43(39)47)41-33-44(49)40(32-45(41)50)34-11-15-37(16-12-34)60-25-7-6-21-52-46(55)10-4-3-5-22-53-54-51/h11-18,30-33H,3-10,19-29H2,1-2H3,(H,52,55). The number of nitrogens with one attached hydrogen (secondary N) is 1. The first kappa shape index (κ1) is 46.3. The quantitative estimate of drug-likeness (QED) is 0.0200. The van der Waals surface area contributed by atoms with Crippen molar-refractivity contribution in [3.63, 3.8) is 0 Å². The number of hydrogen-bond donors (Lipinski definition) is 1. The van der Waals surface area contributed by atoms with Gasteiger partial charge in [-0.2, -0.15) is 0 Å². The van der Waals surface area contributed by atoms with Gasteiger partial charge in [-0.05, 0) is 121 Å². The average Bonchev–Trinajstić information content (AvgIpc) is 3.51. The molecule has 0 fully saturated rings. The monoisotopic (exact) mass is 822 g/mol. The molecular formula is C47H57BF2N4O6. The van der Waals surface area contributed by atoms with Crippen LogP contribution in [0.3, 0.4) is 0 Å². The molecule has 10 nitrogen and oxygen atoms in total. The van der Waals surface area contributed by atoms with E-state index < -0.39 is 17.0 Å². The molecule has 1 N–H and O–H groups in total. The Hall–Kier alpha value is -4.78. The van der Waals surface area contributed by atoms with Crippen molar-refractivity contribution in [3.05, 3.63) is 106 Å². The first-order chi connectivity index (χ1) is 29.3. The van der Waals surface area contributed by atoms with Gasteiger partial charge in [0.1, 0.15) is 25.2 Å². The van der Waals surface area contributed by atoms with E-state index in [0.29, 0.717) is 88.1 Å². The number of unbranched alkanes of at least 4 members (excludes halogenated alkanes) is 3. The van der Waals surface area contributed by atoms with Crippen LogP contribution >= 0.6 is 0 Å². The number of benzene rings is 4. The lowest BCUT2D eigenvalue weighted by Gasteiger charge is -2.33. The van der Waals surface area contributed by atoms with Gasteiger partial charge in [-0.15, -0.1) is 0 Å². The van der Waals surface area contributed by atoms with E-state index in [1.807, 2.05) is 24.3 Å². The molecule has 1 amide bonds. The Morgan fingerprint density at radius 1 is 0.683 bits per heavy atom. The molecule has 318 valence electrons. The van der Waals surface area contributed by atoms with Crippen LogP contribution in [-0.2, 0) is 29.2 Å². The number of ether oxygens (including phenoxy) is 5. The van der Waals surface area contributed by atoms with E-state index in [0.717, 1.165) is 80.0 Å². The van der Waals surface area contributed by atoms with Crippen molar-refractivity contribution >= 4 is 19.2 Å². The molecule has 0 aliphatic heterocycles. The van der Waals surface area contributed by atoms with Gasteiger partial charge >= 0.3 is 0 Å². The van der Waals surface area contributed by atoms with Crippen LogP contribution in [0.1, 0.15) is 75.3 Å². The lowest BCUT2D eigenvalue weighted by Crippen LogP contribution is -2.28. The maximum Gasteiger partial charge on any atom is 0.219 e. The number of methoxy groups -OCH3 is 2. The van der Waals surface area contributed by atoms with Crippen LogP contribution < -0.4 is 15.5 Å². The number of rotatable bonds is 28. The maximum atomic E-state index is 16.2. The number of nitrogens with zero attached hydrogens (tertiary/aromatic N) is 3. The fourth-order valence-corrected chi connectivity index (χ4v) is 7.93. The Balaban J connectivity index is 1.26. The third-order valence-electron chi connectivity index (χ3n) is 11.0. The smallest absolute Gasteiger partial charge is 0.219 e. The number of carbonyl (C=O) groups is 1. The van der Waals surface area contributed by atoms with Crippen LogP contribution in [0.2, 0.25) is 0 Å². The SMILES string of the molecule is [B]c1ccc2c(c1)C(CCCOCCOC)(CCCOCCOC)c1cc(-c3cc(F)c(-c4ccc(OCCCCNC(=O)CCCCCN=[N+]=[N-])cc4)cc3F)ccc1-2. The zero-order valence-electron chi connectivity index (χ0n) is 35.0. The Morgan fingerprint density at radius 3 is 1.95 bits per heavy atom. The van der Waals surface area contributed by atoms with Gasteiger partial charge in [0.15, 0.2) is 0 Å². The lowest BCUT2D eigenvalue weighted by molar-refractivity contribution is -0.121. The van der Waals surface area contributed by atoms with Crippen molar-refractivity contribution in [1.82, 2.24) is 5.32 Å². The van der Waals surface area contributed by atoms with Crippen molar-refractivity contribution in [2.24, 2.45) is 5.11 Å². The van der Waals surface area contributed by atoms with Crippen molar-refractivity contribution in [2.45, 2.75) is 69.6 Å². The van der Waals surface area contributed by atoms with E-state index in [-0.39, 0.29) is 17.0 Å². The molecule has 60 heavy (non-hydrogen) atoms. The van der Waals surface area contributed by atoms with E-state index in [1.165, 1.54) is 12.1 Å². The summed E-state index contributed by atoms with van der Waals surface area (Å²) in [5.41, 5.74) is 14.4. The summed E-state index contributed by atoms with van der Waals surface area (Å²) in [6, 6.07) is 21.5.